The summed E-state index contributed by atoms with van der Waals surface area (Å²) in [5, 5.41) is 11.2. The van der Waals surface area contributed by atoms with Crippen molar-refractivity contribution in [2.24, 2.45) is 0 Å². The summed E-state index contributed by atoms with van der Waals surface area (Å²) in [6, 6.07) is 12.6. The van der Waals surface area contributed by atoms with Crippen LogP contribution in [0, 0.1) is 10.1 Å². The lowest BCUT2D eigenvalue weighted by molar-refractivity contribution is -0.384. The van der Waals surface area contributed by atoms with Crippen LogP contribution in [0.4, 0.5) is 5.69 Å². The zero-order valence-corrected chi connectivity index (χ0v) is 10.0. The maximum Gasteiger partial charge on any atom is 0.295 e. The summed E-state index contributed by atoms with van der Waals surface area (Å²) < 4.78 is 3.57. The number of hydrogen-bond donors (Lipinski definition) is 0. The molecule has 0 aliphatic rings. The van der Waals surface area contributed by atoms with Crippen molar-refractivity contribution in [3.8, 4) is 11.4 Å². The van der Waals surface area contributed by atoms with Gasteiger partial charge in [-0.15, -0.1) is 0 Å². The Balaban J connectivity index is 2.15. The molecule has 0 aliphatic heterocycles. The van der Waals surface area contributed by atoms with Crippen LogP contribution in [0.5, 0.6) is 0 Å². The van der Waals surface area contributed by atoms with E-state index in [1.54, 1.807) is 29.1 Å². The van der Waals surface area contributed by atoms with Gasteiger partial charge in [0.2, 0.25) is 0 Å². The molecule has 3 aromatic rings. The van der Waals surface area contributed by atoms with Crippen LogP contribution in [0.2, 0.25) is 0 Å². The van der Waals surface area contributed by atoms with Gasteiger partial charge in [0.15, 0.2) is 0 Å². The fraction of sp³-hybridized carbons (Fsp3) is 0. The zero-order chi connectivity index (χ0) is 13.2. The van der Waals surface area contributed by atoms with Crippen molar-refractivity contribution >= 4 is 5.69 Å². The van der Waals surface area contributed by atoms with E-state index in [-0.39, 0.29) is 10.6 Å². The lowest BCUT2D eigenvalue weighted by Gasteiger charge is -2.07. The van der Waals surface area contributed by atoms with Gasteiger partial charge in [0.05, 0.1) is 10.6 Å². The van der Waals surface area contributed by atoms with Gasteiger partial charge in [-0.3, -0.25) is 10.1 Å². The summed E-state index contributed by atoms with van der Waals surface area (Å²) >= 11 is 0. The monoisotopic (exact) mass is 253 g/mol. The third-order valence-electron chi connectivity index (χ3n) is 2.94. The van der Waals surface area contributed by atoms with Gasteiger partial charge in [0, 0.05) is 30.9 Å². The quantitative estimate of drug-likeness (QED) is 0.531. The Kier molecular flexibility index (Phi) is 2.64. The highest BCUT2D eigenvalue weighted by molar-refractivity contribution is 5.58. The number of nitro groups is 1. The van der Waals surface area contributed by atoms with Crippen LogP contribution >= 0.6 is 0 Å². The fourth-order valence-corrected chi connectivity index (χ4v) is 2.04. The highest BCUT2D eigenvalue weighted by atomic mass is 16.6. The van der Waals surface area contributed by atoms with E-state index in [1.807, 2.05) is 47.3 Å². The molecule has 0 bridgehead atoms. The average Bonchev–Trinajstić information content (AvgIpc) is 3.11. The van der Waals surface area contributed by atoms with Gasteiger partial charge in [-0.25, -0.2) is 0 Å². The van der Waals surface area contributed by atoms with E-state index in [4.69, 9.17) is 0 Å². The Hall–Kier alpha value is -2.82. The number of nitrogens with zero attached hydrogens (tertiary/aromatic N) is 3. The maximum atomic E-state index is 11.2. The highest BCUT2D eigenvalue weighted by Crippen LogP contribution is 2.26. The van der Waals surface area contributed by atoms with Crippen molar-refractivity contribution in [3.05, 3.63) is 77.4 Å². The molecule has 0 amide bonds. The van der Waals surface area contributed by atoms with Gasteiger partial charge in [-0.2, -0.15) is 0 Å². The number of aromatic nitrogens is 2. The van der Waals surface area contributed by atoms with Gasteiger partial charge in [-0.1, -0.05) is 0 Å². The Bertz CT molecular complexity index is 700. The van der Waals surface area contributed by atoms with Crippen LogP contribution in [0.1, 0.15) is 0 Å². The van der Waals surface area contributed by atoms with Crippen molar-refractivity contribution < 1.29 is 4.92 Å². The summed E-state index contributed by atoms with van der Waals surface area (Å²) in [6.45, 7) is 0. The van der Waals surface area contributed by atoms with Crippen molar-refractivity contribution in [2.75, 3.05) is 0 Å². The molecule has 0 unspecified atom stereocenters. The van der Waals surface area contributed by atoms with Crippen molar-refractivity contribution in [1.82, 2.24) is 9.13 Å². The molecule has 0 saturated heterocycles. The average molecular weight is 253 g/mol. The summed E-state index contributed by atoms with van der Waals surface area (Å²) in [5.74, 6) is 0. The predicted octanol–water partition coefficient (Wildman–Crippen LogP) is 3.18. The first-order valence-corrected chi connectivity index (χ1v) is 5.81. The van der Waals surface area contributed by atoms with Crippen LogP contribution < -0.4 is 0 Å². The molecule has 1 aromatic carbocycles. The molecule has 0 N–H and O–H groups in total. The van der Waals surface area contributed by atoms with Crippen LogP contribution in [-0.2, 0) is 0 Å². The van der Waals surface area contributed by atoms with E-state index in [2.05, 4.69) is 0 Å². The maximum absolute atomic E-state index is 11.2. The molecule has 5 heteroatoms. The lowest BCUT2D eigenvalue weighted by atomic mass is 10.2. The second-order valence-electron chi connectivity index (χ2n) is 4.11. The molecule has 3 rings (SSSR count). The number of benzene rings is 1. The molecule has 19 heavy (non-hydrogen) atoms. The topological polar surface area (TPSA) is 53.0 Å². The fourth-order valence-electron chi connectivity index (χ4n) is 2.04. The van der Waals surface area contributed by atoms with Crippen LogP contribution in [0.15, 0.2) is 67.3 Å². The van der Waals surface area contributed by atoms with Crippen molar-refractivity contribution in [3.63, 3.8) is 0 Å². The van der Waals surface area contributed by atoms with E-state index in [9.17, 15) is 10.1 Å². The first kappa shape index (κ1) is 11.3. The van der Waals surface area contributed by atoms with E-state index in [1.165, 1.54) is 0 Å². The largest absolute Gasteiger partial charge is 0.324 e. The molecule has 94 valence electrons. The predicted molar refractivity (Wildman–Crippen MR) is 71.8 cm³/mol. The smallest absolute Gasteiger partial charge is 0.295 e. The van der Waals surface area contributed by atoms with Gasteiger partial charge in [0.1, 0.15) is 5.69 Å². The van der Waals surface area contributed by atoms with E-state index in [0.717, 1.165) is 5.69 Å². The molecule has 5 nitrogen and oxygen atoms in total. The number of rotatable bonds is 3. The Morgan fingerprint density at radius 1 is 0.895 bits per heavy atom. The standard InChI is InChI=1S/C14H11N3O2/c18-17(19)14-11-12(15-7-1-2-8-15)5-6-13(14)16-9-3-4-10-16/h1-11H. The number of hydrogen-bond acceptors (Lipinski definition) is 2. The third-order valence-corrected chi connectivity index (χ3v) is 2.94. The van der Waals surface area contributed by atoms with Crippen molar-refractivity contribution in [1.29, 1.82) is 0 Å². The second-order valence-corrected chi connectivity index (χ2v) is 4.11. The van der Waals surface area contributed by atoms with Gasteiger partial charge in [0.25, 0.3) is 5.69 Å². The lowest BCUT2D eigenvalue weighted by Crippen LogP contribution is -2.00. The molecule has 0 saturated carbocycles. The Morgan fingerprint density at radius 3 is 2.05 bits per heavy atom. The Labute approximate surface area is 109 Å². The summed E-state index contributed by atoms with van der Waals surface area (Å²) in [6.07, 6.45) is 7.29. The van der Waals surface area contributed by atoms with Gasteiger partial charge < -0.3 is 9.13 Å². The zero-order valence-electron chi connectivity index (χ0n) is 10.0. The first-order valence-electron chi connectivity index (χ1n) is 5.81. The molecule has 0 radical (unpaired) electrons. The molecule has 2 aromatic heterocycles. The molecular formula is C14H11N3O2. The summed E-state index contributed by atoms with van der Waals surface area (Å²) in [4.78, 5) is 10.9. The minimum absolute atomic E-state index is 0.0856. The van der Waals surface area contributed by atoms with Crippen LogP contribution in [0.25, 0.3) is 11.4 Å². The first-order chi connectivity index (χ1) is 9.25. The molecule has 0 spiro atoms. The van der Waals surface area contributed by atoms with Crippen LogP contribution in [-0.4, -0.2) is 14.1 Å². The summed E-state index contributed by atoms with van der Waals surface area (Å²) in [7, 11) is 0. The van der Waals surface area contributed by atoms with Gasteiger partial charge in [-0.05, 0) is 36.4 Å². The minimum atomic E-state index is -0.359. The molecule has 2 heterocycles. The third kappa shape index (κ3) is 2.01. The van der Waals surface area contributed by atoms with E-state index in [0.29, 0.717) is 5.69 Å². The molecular weight excluding hydrogens is 242 g/mol. The minimum Gasteiger partial charge on any atom is -0.324 e. The van der Waals surface area contributed by atoms with E-state index < -0.39 is 0 Å². The van der Waals surface area contributed by atoms with Crippen molar-refractivity contribution in [2.45, 2.75) is 0 Å². The normalized spacial score (nSPS) is 10.5. The van der Waals surface area contributed by atoms with Crippen LogP contribution in [0.3, 0.4) is 0 Å². The highest BCUT2D eigenvalue weighted by Gasteiger charge is 2.16. The summed E-state index contributed by atoms with van der Waals surface area (Å²) in [5.41, 5.74) is 1.42. The van der Waals surface area contributed by atoms with E-state index >= 15 is 0 Å². The Morgan fingerprint density at radius 2 is 1.47 bits per heavy atom. The second kappa shape index (κ2) is 4.45. The molecule has 0 aliphatic carbocycles. The molecule has 0 atom stereocenters. The number of nitro benzene ring substituents is 1. The van der Waals surface area contributed by atoms with Gasteiger partial charge >= 0.3 is 0 Å². The molecule has 0 fully saturated rings. The SMILES string of the molecule is O=[N+]([O-])c1cc(-n2cccc2)ccc1-n1cccc1.